The molecule has 0 aliphatic heterocycles. The number of nitrogens with zero attached hydrogens (tertiary/aromatic N) is 2. The first-order valence-corrected chi connectivity index (χ1v) is 5.64. The van der Waals surface area contributed by atoms with Crippen LogP contribution in [0.2, 0.25) is 0 Å². The Bertz CT molecular complexity index is 405. The Morgan fingerprint density at radius 1 is 1.62 bits per heavy atom. The zero-order valence-electron chi connectivity index (χ0n) is 7.20. The molecule has 0 atom stereocenters. The fourth-order valence-corrected chi connectivity index (χ4v) is 2.58. The summed E-state index contributed by atoms with van der Waals surface area (Å²) in [7, 11) is 0. The molecule has 2 nitrogen and oxygen atoms in total. The lowest BCUT2D eigenvalue weighted by molar-refractivity contribution is 0.672. The molecule has 0 bridgehead atoms. The van der Waals surface area contributed by atoms with Gasteiger partial charge in [0.25, 0.3) is 0 Å². The average molecular weight is 257 g/mol. The van der Waals surface area contributed by atoms with Crippen molar-refractivity contribution in [2.75, 3.05) is 0 Å². The zero-order valence-corrected chi connectivity index (χ0v) is 9.60. The van der Waals surface area contributed by atoms with Crippen molar-refractivity contribution in [1.82, 2.24) is 9.78 Å². The van der Waals surface area contributed by atoms with Gasteiger partial charge in [0.2, 0.25) is 0 Å². The Labute approximate surface area is 89.3 Å². The molecule has 2 aromatic heterocycles. The second kappa shape index (κ2) is 3.64. The van der Waals surface area contributed by atoms with Gasteiger partial charge in [0.05, 0.1) is 6.54 Å². The summed E-state index contributed by atoms with van der Waals surface area (Å²) in [6.45, 7) is 2.94. The van der Waals surface area contributed by atoms with Gasteiger partial charge >= 0.3 is 0 Å². The fourth-order valence-electron chi connectivity index (χ4n) is 1.15. The summed E-state index contributed by atoms with van der Waals surface area (Å²) < 4.78 is 3.15. The molecular formula is C9H9BrN2S. The minimum absolute atomic E-state index is 0.870. The van der Waals surface area contributed by atoms with Gasteiger partial charge in [0, 0.05) is 26.6 Å². The lowest BCUT2D eigenvalue weighted by atomic mass is 10.4. The molecular weight excluding hydrogens is 248 g/mol. The van der Waals surface area contributed by atoms with Crippen molar-refractivity contribution in [3.8, 4) is 0 Å². The molecule has 4 heteroatoms. The first-order chi connectivity index (χ1) is 6.25. The van der Waals surface area contributed by atoms with Crippen LogP contribution in [0.4, 0.5) is 0 Å². The Kier molecular flexibility index (Phi) is 2.51. The van der Waals surface area contributed by atoms with Crippen LogP contribution in [-0.4, -0.2) is 9.78 Å². The van der Waals surface area contributed by atoms with Crippen molar-refractivity contribution >= 4 is 27.3 Å². The summed E-state index contributed by atoms with van der Waals surface area (Å²) in [5, 5.41) is 6.32. The maximum atomic E-state index is 4.23. The third-order valence-corrected chi connectivity index (χ3v) is 3.54. The van der Waals surface area contributed by atoms with Crippen LogP contribution in [0.1, 0.15) is 10.6 Å². The third-order valence-electron chi connectivity index (χ3n) is 1.86. The summed E-state index contributed by atoms with van der Waals surface area (Å²) in [4.78, 5) is 1.32. The molecule has 0 aliphatic carbocycles. The molecule has 2 heterocycles. The third kappa shape index (κ3) is 2.00. The van der Waals surface area contributed by atoms with Crippen LogP contribution >= 0.6 is 27.3 Å². The topological polar surface area (TPSA) is 17.8 Å². The van der Waals surface area contributed by atoms with E-state index in [2.05, 4.69) is 39.4 Å². The standard InChI is InChI=1S/C9H9BrN2S/c1-7-2-3-11-12(7)5-9-4-8(10)6-13-9/h2-4,6H,5H2,1H3. The van der Waals surface area contributed by atoms with E-state index in [-0.39, 0.29) is 0 Å². The molecule has 13 heavy (non-hydrogen) atoms. The largest absolute Gasteiger partial charge is 0.265 e. The maximum Gasteiger partial charge on any atom is 0.0755 e. The Balaban J connectivity index is 2.19. The molecule has 0 amide bonds. The van der Waals surface area contributed by atoms with Crippen LogP contribution in [0, 0.1) is 6.92 Å². The predicted molar refractivity (Wildman–Crippen MR) is 58.1 cm³/mol. The summed E-state index contributed by atoms with van der Waals surface area (Å²) in [5.74, 6) is 0. The Morgan fingerprint density at radius 2 is 2.46 bits per heavy atom. The summed E-state index contributed by atoms with van der Waals surface area (Å²) >= 11 is 5.18. The second-order valence-electron chi connectivity index (χ2n) is 2.86. The van der Waals surface area contributed by atoms with Gasteiger partial charge in [-0.2, -0.15) is 5.10 Å². The molecule has 0 saturated carbocycles. The number of aromatic nitrogens is 2. The SMILES string of the molecule is Cc1ccnn1Cc1cc(Br)cs1. The fraction of sp³-hybridized carbons (Fsp3) is 0.222. The first-order valence-electron chi connectivity index (χ1n) is 3.97. The normalized spacial score (nSPS) is 10.6. The van der Waals surface area contributed by atoms with E-state index in [1.54, 1.807) is 11.3 Å². The first kappa shape index (κ1) is 8.97. The van der Waals surface area contributed by atoms with E-state index in [1.165, 1.54) is 10.6 Å². The van der Waals surface area contributed by atoms with Crippen LogP contribution in [0.3, 0.4) is 0 Å². The minimum Gasteiger partial charge on any atom is -0.265 e. The number of hydrogen-bond acceptors (Lipinski definition) is 2. The number of aryl methyl sites for hydroxylation is 1. The van der Waals surface area contributed by atoms with Crippen molar-refractivity contribution in [2.24, 2.45) is 0 Å². The smallest absolute Gasteiger partial charge is 0.0755 e. The van der Waals surface area contributed by atoms with Gasteiger partial charge in [0.15, 0.2) is 0 Å². The van der Waals surface area contributed by atoms with Crippen molar-refractivity contribution in [3.05, 3.63) is 38.8 Å². The predicted octanol–water partition coefficient (Wildman–Crippen LogP) is 3.06. The lowest BCUT2D eigenvalue weighted by Gasteiger charge is -2.00. The van der Waals surface area contributed by atoms with E-state index in [1.807, 2.05) is 16.9 Å². The van der Waals surface area contributed by atoms with Gasteiger partial charge in [-0.15, -0.1) is 11.3 Å². The highest BCUT2D eigenvalue weighted by Crippen LogP contribution is 2.20. The van der Waals surface area contributed by atoms with Crippen molar-refractivity contribution in [2.45, 2.75) is 13.5 Å². The van der Waals surface area contributed by atoms with E-state index in [4.69, 9.17) is 0 Å². The van der Waals surface area contributed by atoms with E-state index in [0.717, 1.165) is 11.0 Å². The Morgan fingerprint density at radius 3 is 3.00 bits per heavy atom. The average Bonchev–Trinajstić information content (AvgIpc) is 2.64. The molecule has 0 aliphatic rings. The van der Waals surface area contributed by atoms with Gasteiger partial charge in [-0.1, -0.05) is 0 Å². The van der Waals surface area contributed by atoms with E-state index >= 15 is 0 Å². The molecule has 0 unspecified atom stereocenters. The van der Waals surface area contributed by atoms with Gasteiger partial charge in [-0.05, 0) is 35.0 Å². The van der Waals surface area contributed by atoms with E-state index in [9.17, 15) is 0 Å². The second-order valence-corrected chi connectivity index (χ2v) is 4.77. The molecule has 2 rings (SSSR count). The van der Waals surface area contributed by atoms with Crippen LogP contribution in [0.15, 0.2) is 28.2 Å². The summed E-state index contributed by atoms with van der Waals surface area (Å²) in [6, 6.07) is 4.15. The minimum atomic E-state index is 0.870. The lowest BCUT2D eigenvalue weighted by Crippen LogP contribution is -2.01. The molecule has 0 N–H and O–H groups in total. The number of rotatable bonds is 2. The molecule has 0 spiro atoms. The van der Waals surface area contributed by atoms with Crippen molar-refractivity contribution in [3.63, 3.8) is 0 Å². The highest BCUT2D eigenvalue weighted by molar-refractivity contribution is 9.10. The van der Waals surface area contributed by atoms with Crippen molar-refractivity contribution < 1.29 is 0 Å². The number of halogens is 1. The molecule has 68 valence electrons. The van der Waals surface area contributed by atoms with Crippen LogP contribution < -0.4 is 0 Å². The van der Waals surface area contributed by atoms with E-state index in [0.29, 0.717) is 0 Å². The van der Waals surface area contributed by atoms with Gasteiger partial charge < -0.3 is 0 Å². The molecule has 2 aromatic rings. The molecule has 0 aromatic carbocycles. The van der Waals surface area contributed by atoms with Gasteiger partial charge in [-0.3, -0.25) is 4.68 Å². The van der Waals surface area contributed by atoms with Crippen molar-refractivity contribution in [1.29, 1.82) is 0 Å². The number of hydrogen-bond donors (Lipinski definition) is 0. The summed E-state index contributed by atoms with van der Waals surface area (Å²) in [5.41, 5.74) is 1.20. The maximum absolute atomic E-state index is 4.23. The van der Waals surface area contributed by atoms with Crippen LogP contribution in [0.25, 0.3) is 0 Å². The monoisotopic (exact) mass is 256 g/mol. The zero-order chi connectivity index (χ0) is 9.26. The molecule has 0 saturated heterocycles. The highest BCUT2D eigenvalue weighted by atomic mass is 79.9. The number of thiophene rings is 1. The van der Waals surface area contributed by atoms with E-state index < -0.39 is 0 Å². The summed E-state index contributed by atoms with van der Waals surface area (Å²) in [6.07, 6.45) is 1.83. The highest BCUT2D eigenvalue weighted by Gasteiger charge is 2.01. The van der Waals surface area contributed by atoms with Crippen LogP contribution in [0.5, 0.6) is 0 Å². The van der Waals surface area contributed by atoms with Gasteiger partial charge in [0.1, 0.15) is 0 Å². The Hall–Kier alpha value is -0.610. The van der Waals surface area contributed by atoms with Gasteiger partial charge in [-0.25, -0.2) is 0 Å². The van der Waals surface area contributed by atoms with Crippen LogP contribution in [-0.2, 0) is 6.54 Å². The quantitative estimate of drug-likeness (QED) is 0.808. The molecule has 0 radical (unpaired) electrons. The molecule has 0 fully saturated rings.